The summed E-state index contributed by atoms with van der Waals surface area (Å²) in [5.41, 5.74) is 23.2. The lowest BCUT2D eigenvalue weighted by Crippen LogP contribution is -2.42. The normalized spacial score (nSPS) is 19.0. The van der Waals surface area contributed by atoms with Crippen LogP contribution in [0.2, 0.25) is 0 Å². The van der Waals surface area contributed by atoms with Crippen LogP contribution in [0, 0.1) is 10.8 Å². The van der Waals surface area contributed by atoms with Gasteiger partial charge in [0.1, 0.15) is 0 Å². The first-order valence-electron chi connectivity index (χ1n) is 24.7. The van der Waals surface area contributed by atoms with E-state index in [2.05, 4.69) is 265 Å². The number of hydrogen-bond donors (Lipinski definition) is 0. The van der Waals surface area contributed by atoms with E-state index in [1.807, 2.05) is 0 Å². The third kappa shape index (κ3) is 5.66. The molecule has 67 heavy (non-hydrogen) atoms. The summed E-state index contributed by atoms with van der Waals surface area (Å²) in [6.07, 6.45) is 0. The maximum Gasteiger partial charge on any atom is 0.0713 e. The molecule has 0 radical (unpaired) electrons. The van der Waals surface area contributed by atoms with Gasteiger partial charge in [-0.15, -0.1) is 0 Å². The van der Waals surface area contributed by atoms with Gasteiger partial charge in [0.15, 0.2) is 0 Å². The van der Waals surface area contributed by atoms with Crippen LogP contribution in [0.1, 0.15) is 128 Å². The maximum absolute atomic E-state index is 2.57. The average Bonchev–Trinajstić information content (AvgIpc) is 3.73. The van der Waals surface area contributed by atoms with Crippen molar-refractivity contribution in [1.29, 1.82) is 0 Å². The molecule has 3 aliphatic carbocycles. The second kappa shape index (κ2) is 14.4. The van der Waals surface area contributed by atoms with Crippen LogP contribution in [-0.4, -0.2) is 0 Å². The Kier molecular flexibility index (Phi) is 9.31. The quantitative estimate of drug-likeness (QED) is 0.156. The lowest BCUT2D eigenvalue weighted by Gasteiger charge is -2.44. The minimum absolute atomic E-state index is 0.0105. The summed E-state index contributed by atoms with van der Waals surface area (Å²) in [6.45, 7) is 29.5. The van der Waals surface area contributed by atoms with Crippen LogP contribution >= 0.6 is 0 Å². The number of fused-ring (bicyclic) bond motifs is 5. The molecule has 0 heteroatoms. The van der Waals surface area contributed by atoms with E-state index in [1.165, 1.54) is 100 Å². The lowest BCUT2D eigenvalue weighted by molar-refractivity contribution is 0.125. The number of benzene rings is 8. The average molecular weight is 871 g/mol. The molecule has 3 aliphatic rings. The second-order valence-corrected chi connectivity index (χ2v) is 23.4. The number of hydrogen-bond acceptors (Lipinski definition) is 0. The maximum atomic E-state index is 2.57. The smallest absolute Gasteiger partial charge is 0.0622 e. The summed E-state index contributed by atoms with van der Waals surface area (Å²) in [4.78, 5) is 0. The Morgan fingerprint density at radius 1 is 0.224 bits per heavy atom. The molecular weight excluding hydrogens is 805 g/mol. The van der Waals surface area contributed by atoms with Crippen LogP contribution in [0.3, 0.4) is 0 Å². The highest BCUT2D eigenvalue weighted by molar-refractivity contribution is 5.91. The molecule has 0 heterocycles. The van der Waals surface area contributed by atoms with Gasteiger partial charge in [0.25, 0.3) is 0 Å². The van der Waals surface area contributed by atoms with Crippen LogP contribution in [0.15, 0.2) is 182 Å². The molecule has 0 aliphatic heterocycles. The SMILES string of the molecule is CC1(C)c2cc(-c3ccccc3)c(-c3cccc(C4(c5cccc(-c6cc7c(cc6-c6ccccc6)C(C)(C)C(C)(C)C7(C)C)c5)c5ccccc5-c5ccccc54)c3)cc2C(C)(C)C1(C)C. The van der Waals surface area contributed by atoms with Gasteiger partial charge in [-0.2, -0.15) is 0 Å². The molecule has 334 valence electrons. The van der Waals surface area contributed by atoms with Crippen molar-refractivity contribution >= 4 is 0 Å². The molecule has 0 fully saturated rings. The first kappa shape index (κ1) is 43.3. The van der Waals surface area contributed by atoms with Gasteiger partial charge < -0.3 is 0 Å². The zero-order chi connectivity index (χ0) is 47.1. The molecule has 0 aromatic heterocycles. The summed E-state index contributed by atoms with van der Waals surface area (Å²) in [5.74, 6) is 0. The van der Waals surface area contributed by atoms with Crippen molar-refractivity contribution < 1.29 is 0 Å². The van der Waals surface area contributed by atoms with Crippen LogP contribution in [0.4, 0.5) is 0 Å². The summed E-state index contributed by atoms with van der Waals surface area (Å²) in [6, 6.07) is 70.0. The van der Waals surface area contributed by atoms with Crippen molar-refractivity contribution in [2.24, 2.45) is 10.8 Å². The fraction of sp³-hybridized carbons (Fsp3) is 0.284. The van der Waals surface area contributed by atoms with Gasteiger partial charge in [-0.3, -0.25) is 0 Å². The molecule has 0 spiro atoms. The molecular formula is C67H66. The molecule has 0 saturated heterocycles. The third-order valence-electron chi connectivity index (χ3n) is 19.6. The highest BCUT2D eigenvalue weighted by atomic mass is 14.6. The first-order valence-corrected chi connectivity index (χ1v) is 24.7. The topological polar surface area (TPSA) is 0 Å². The molecule has 11 rings (SSSR count). The Labute approximate surface area is 401 Å². The minimum atomic E-state index is -0.584. The Hall–Kier alpha value is -6.24. The first-order chi connectivity index (χ1) is 31.8. The Morgan fingerprint density at radius 2 is 0.507 bits per heavy atom. The van der Waals surface area contributed by atoms with Crippen molar-refractivity contribution in [1.82, 2.24) is 0 Å². The van der Waals surface area contributed by atoms with E-state index < -0.39 is 5.41 Å². The van der Waals surface area contributed by atoms with E-state index in [0.29, 0.717) is 0 Å². The van der Waals surface area contributed by atoms with E-state index in [4.69, 9.17) is 0 Å². The summed E-state index contributed by atoms with van der Waals surface area (Å²) >= 11 is 0. The largest absolute Gasteiger partial charge is 0.0713 e. The third-order valence-corrected chi connectivity index (χ3v) is 19.6. The van der Waals surface area contributed by atoms with E-state index in [1.54, 1.807) is 0 Å². The van der Waals surface area contributed by atoms with Crippen LogP contribution in [-0.2, 0) is 27.1 Å². The van der Waals surface area contributed by atoms with Crippen molar-refractivity contribution in [3.8, 4) is 55.6 Å². The van der Waals surface area contributed by atoms with Crippen molar-refractivity contribution in [2.45, 2.75) is 110 Å². The van der Waals surface area contributed by atoms with Gasteiger partial charge in [0.05, 0.1) is 5.41 Å². The van der Waals surface area contributed by atoms with Crippen molar-refractivity contribution in [2.75, 3.05) is 0 Å². The zero-order valence-electron chi connectivity index (χ0n) is 41.8. The van der Waals surface area contributed by atoms with Gasteiger partial charge in [0.2, 0.25) is 0 Å². The van der Waals surface area contributed by atoms with E-state index in [-0.39, 0.29) is 32.5 Å². The summed E-state index contributed by atoms with van der Waals surface area (Å²) in [5, 5.41) is 0. The molecule has 0 amide bonds. The predicted octanol–water partition coefficient (Wildman–Crippen LogP) is 17.9. The van der Waals surface area contributed by atoms with Gasteiger partial charge in [-0.05, 0) is 169 Å². The Balaban J connectivity index is 1.19. The lowest BCUT2D eigenvalue weighted by atomic mass is 9.59. The fourth-order valence-electron chi connectivity index (χ4n) is 13.2. The van der Waals surface area contributed by atoms with Gasteiger partial charge in [0, 0.05) is 0 Å². The van der Waals surface area contributed by atoms with Crippen LogP contribution in [0.5, 0.6) is 0 Å². The van der Waals surface area contributed by atoms with E-state index >= 15 is 0 Å². The molecule has 0 saturated carbocycles. The summed E-state index contributed by atoms with van der Waals surface area (Å²) < 4.78 is 0. The molecule has 0 nitrogen and oxygen atoms in total. The van der Waals surface area contributed by atoms with Gasteiger partial charge in [-0.25, -0.2) is 0 Å². The van der Waals surface area contributed by atoms with Crippen LogP contribution < -0.4 is 0 Å². The monoisotopic (exact) mass is 871 g/mol. The predicted molar refractivity (Wildman–Crippen MR) is 285 cm³/mol. The van der Waals surface area contributed by atoms with E-state index in [9.17, 15) is 0 Å². The highest BCUT2D eigenvalue weighted by Gasteiger charge is 2.58. The Morgan fingerprint density at radius 3 is 0.851 bits per heavy atom. The fourth-order valence-corrected chi connectivity index (χ4v) is 13.2. The molecule has 0 atom stereocenters. The highest BCUT2D eigenvalue weighted by Crippen LogP contribution is 2.65. The van der Waals surface area contributed by atoms with Gasteiger partial charge in [-0.1, -0.05) is 229 Å². The van der Waals surface area contributed by atoms with Crippen molar-refractivity contribution in [3.05, 3.63) is 226 Å². The Bertz CT molecular complexity index is 3050. The minimum Gasteiger partial charge on any atom is -0.0622 e. The second-order valence-electron chi connectivity index (χ2n) is 23.4. The number of rotatable bonds is 6. The summed E-state index contributed by atoms with van der Waals surface area (Å²) in [7, 11) is 0. The molecule has 0 N–H and O–H groups in total. The van der Waals surface area contributed by atoms with E-state index in [0.717, 1.165) is 0 Å². The molecule has 0 bridgehead atoms. The van der Waals surface area contributed by atoms with Gasteiger partial charge >= 0.3 is 0 Å². The molecule has 8 aromatic carbocycles. The van der Waals surface area contributed by atoms with Crippen LogP contribution in [0.25, 0.3) is 55.6 Å². The molecule has 8 aromatic rings. The van der Waals surface area contributed by atoms with Crippen molar-refractivity contribution in [3.63, 3.8) is 0 Å². The molecule has 0 unspecified atom stereocenters. The zero-order valence-corrected chi connectivity index (χ0v) is 41.8. The standard InChI is InChI=1S/C67H66/c1-61(2)57-39-51(43-25-15-13-16-26-43)53(41-59(57)63(5,6)65(61,9)10)45-29-23-31-47(37-45)67(55-35-21-19-33-49(55)50-34-20-22-36-56(50)67)48-32-24-30-46(38-48)54-42-60-58(40-52(54)44-27-17-14-18-28-44)62(3,4)66(11,12)64(60,7)8/h13-42H,1-12H3.